The molecule has 0 aliphatic carbocycles. The Labute approximate surface area is 90.8 Å². The lowest BCUT2D eigenvalue weighted by Gasteiger charge is -2.23. The molecule has 0 aromatic heterocycles. The van der Waals surface area contributed by atoms with Crippen molar-refractivity contribution in [2.24, 2.45) is 5.92 Å². The monoisotopic (exact) mass is 209 g/mol. The number of hydrogen-bond acceptors (Lipinski definition) is 2. The van der Waals surface area contributed by atoms with E-state index in [4.69, 9.17) is 5.11 Å². The summed E-state index contributed by atoms with van der Waals surface area (Å²) in [6.07, 6.45) is 4.06. The summed E-state index contributed by atoms with van der Waals surface area (Å²) in [5, 5.41) is 9.10. The van der Waals surface area contributed by atoms with Gasteiger partial charge >= 0.3 is 5.97 Å². The van der Waals surface area contributed by atoms with Gasteiger partial charge < -0.3 is 5.11 Å². The topological polar surface area (TPSA) is 40.5 Å². The van der Waals surface area contributed by atoms with Crippen molar-refractivity contribution < 1.29 is 9.90 Å². The van der Waals surface area contributed by atoms with Crippen LogP contribution in [0.5, 0.6) is 0 Å². The maximum atomic E-state index is 11.0. The number of carboxylic acid groups (broad SMARTS) is 1. The maximum Gasteiger partial charge on any atom is 0.308 e. The number of fused-ring (bicyclic) bond motifs is 2. The van der Waals surface area contributed by atoms with Gasteiger partial charge in [0.2, 0.25) is 0 Å². The first-order chi connectivity index (χ1) is 7.13. The minimum atomic E-state index is -0.616. The third kappa shape index (κ3) is 1.81. The number of carboxylic acids is 1. The van der Waals surface area contributed by atoms with E-state index >= 15 is 0 Å². The van der Waals surface area contributed by atoms with Crippen LogP contribution in [0.3, 0.4) is 0 Å². The van der Waals surface area contributed by atoms with Crippen molar-refractivity contribution in [3.8, 4) is 0 Å². The Balaban J connectivity index is 2.03. The summed E-state index contributed by atoms with van der Waals surface area (Å²) in [4.78, 5) is 13.4. The van der Waals surface area contributed by atoms with Crippen molar-refractivity contribution in [2.45, 2.75) is 44.7 Å². The number of carbonyl (C=O) groups is 1. The van der Waals surface area contributed by atoms with Crippen LogP contribution in [0.2, 0.25) is 0 Å². The molecule has 15 heavy (non-hydrogen) atoms. The first kappa shape index (κ1) is 10.7. The molecule has 3 heteroatoms. The summed E-state index contributed by atoms with van der Waals surface area (Å²) in [5.74, 6) is -0.747. The van der Waals surface area contributed by atoms with Gasteiger partial charge in [0.1, 0.15) is 0 Å². The molecule has 2 saturated heterocycles. The van der Waals surface area contributed by atoms with E-state index in [1.54, 1.807) is 0 Å². The summed E-state index contributed by atoms with van der Waals surface area (Å²) in [6.45, 7) is 7.02. The van der Waals surface area contributed by atoms with Crippen molar-refractivity contribution in [3.05, 3.63) is 12.2 Å². The second kappa shape index (κ2) is 3.97. The zero-order valence-corrected chi connectivity index (χ0v) is 9.28. The van der Waals surface area contributed by atoms with Crippen LogP contribution in [-0.4, -0.2) is 34.6 Å². The molecule has 3 unspecified atom stereocenters. The van der Waals surface area contributed by atoms with Crippen molar-refractivity contribution in [2.75, 3.05) is 6.54 Å². The first-order valence-electron chi connectivity index (χ1n) is 5.78. The van der Waals surface area contributed by atoms with E-state index in [0.717, 1.165) is 25.8 Å². The molecular formula is C12H19NO2. The van der Waals surface area contributed by atoms with E-state index in [2.05, 4.69) is 18.4 Å². The van der Waals surface area contributed by atoms with E-state index in [1.165, 1.54) is 12.0 Å². The van der Waals surface area contributed by atoms with Crippen molar-refractivity contribution >= 4 is 5.97 Å². The van der Waals surface area contributed by atoms with Crippen LogP contribution in [0.4, 0.5) is 0 Å². The van der Waals surface area contributed by atoms with Gasteiger partial charge in [-0.05, 0) is 25.7 Å². The molecule has 0 radical (unpaired) electrons. The molecule has 0 spiro atoms. The molecule has 0 saturated carbocycles. The predicted molar refractivity (Wildman–Crippen MR) is 58.7 cm³/mol. The van der Waals surface area contributed by atoms with Gasteiger partial charge in [0, 0.05) is 18.6 Å². The van der Waals surface area contributed by atoms with Crippen molar-refractivity contribution in [1.29, 1.82) is 0 Å². The Hall–Kier alpha value is -0.830. The van der Waals surface area contributed by atoms with E-state index in [-0.39, 0.29) is 12.0 Å². The number of nitrogens with zero attached hydrogens (tertiary/aromatic N) is 1. The zero-order chi connectivity index (χ0) is 11.0. The van der Waals surface area contributed by atoms with Gasteiger partial charge in [-0.2, -0.15) is 0 Å². The Morgan fingerprint density at radius 3 is 2.80 bits per heavy atom. The van der Waals surface area contributed by atoms with Crippen LogP contribution in [0, 0.1) is 5.92 Å². The van der Waals surface area contributed by atoms with E-state index in [9.17, 15) is 4.79 Å². The quantitative estimate of drug-likeness (QED) is 0.719. The molecule has 2 aliphatic rings. The molecule has 2 heterocycles. The summed E-state index contributed by atoms with van der Waals surface area (Å²) >= 11 is 0. The van der Waals surface area contributed by atoms with Crippen LogP contribution >= 0.6 is 0 Å². The minimum absolute atomic E-state index is 0.131. The number of hydrogen-bond donors (Lipinski definition) is 1. The molecule has 1 N–H and O–H groups in total. The van der Waals surface area contributed by atoms with Crippen LogP contribution in [0.15, 0.2) is 12.2 Å². The first-order valence-corrected chi connectivity index (χ1v) is 5.78. The largest absolute Gasteiger partial charge is 0.481 e. The fourth-order valence-electron chi connectivity index (χ4n) is 2.98. The fraction of sp³-hybridized carbons (Fsp3) is 0.750. The molecular weight excluding hydrogens is 190 g/mol. The van der Waals surface area contributed by atoms with Gasteiger partial charge in [0.25, 0.3) is 0 Å². The van der Waals surface area contributed by atoms with E-state index in [1.807, 2.05) is 0 Å². The average molecular weight is 209 g/mol. The average Bonchev–Trinajstić information content (AvgIpc) is 2.75. The van der Waals surface area contributed by atoms with E-state index < -0.39 is 5.97 Å². The van der Waals surface area contributed by atoms with Gasteiger partial charge in [0.05, 0.1) is 5.92 Å². The van der Waals surface area contributed by atoms with Crippen LogP contribution < -0.4 is 0 Å². The molecule has 3 atom stereocenters. The lowest BCUT2D eigenvalue weighted by atomic mass is 9.89. The van der Waals surface area contributed by atoms with Gasteiger partial charge in [-0.25, -0.2) is 0 Å². The van der Waals surface area contributed by atoms with Crippen molar-refractivity contribution in [3.63, 3.8) is 0 Å². The minimum Gasteiger partial charge on any atom is -0.481 e. The van der Waals surface area contributed by atoms with Crippen molar-refractivity contribution in [1.82, 2.24) is 4.90 Å². The molecule has 2 aliphatic heterocycles. The van der Waals surface area contributed by atoms with Crippen LogP contribution in [0.25, 0.3) is 0 Å². The highest BCUT2D eigenvalue weighted by molar-refractivity contribution is 5.71. The molecule has 0 aromatic rings. The Morgan fingerprint density at radius 2 is 2.27 bits per heavy atom. The van der Waals surface area contributed by atoms with Gasteiger partial charge in [-0.1, -0.05) is 19.1 Å². The van der Waals surface area contributed by atoms with Gasteiger partial charge in [-0.3, -0.25) is 9.69 Å². The third-order valence-electron chi connectivity index (χ3n) is 3.90. The lowest BCUT2D eigenvalue weighted by molar-refractivity contribution is -0.142. The van der Waals surface area contributed by atoms with Gasteiger partial charge in [0.15, 0.2) is 0 Å². The highest BCUT2D eigenvalue weighted by atomic mass is 16.4. The lowest BCUT2D eigenvalue weighted by Crippen LogP contribution is -2.34. The summed E-state index contributed by atoms with van der Waals surface area (Å²) in [6, 6.07) is 0.773. The number of aliphatic carboxylic acids is 1. The summed E-state index contributed by atoms with van der Waals surface area (Å²) in [5.41, 5.74) is 1.22. The zero-order valence-electron chi connectivity index (χ0n) is 9.28. The smallest absolute Gasteiger partial charge is 0.308 e. The molecule has 84 valence electrons. The van der Waals surface area contributed by atoms with Crippen LogP contribution in [-0.2, 0) is 4.79 Å². The SMILES string of the molecule is C=C(CC)CN1C2CCC1C(C(=O)O)C2. The second-order valence-corrected chi connectivity index (χ2v) is 4.75. The molecule has 3 nitrogen and oxygen atoms in total. The summed E-state index contributed by atoms with van der Waals surface area (Å²) in [7, 11) is 0. The highest BCUT2D eigenvalue weighted by Crippen LogP contribution is 2.42. The Kier molecular flexibility index (Phi) is 2.83. The highest BCUT2D eigenvalue weighted by Gasteiger charge is 2.48. The molecule has 0 aromatic carbocycles. The molecule has 0 amide bonds. The molecule has 2 bridgehead atoms. The van der Waals surface area contributed by atoms with E-state index in [0.29, 0.717) is 6.04 Å². The molecule has 2 fully saturated rings. The maximum absolute atomic E-state index is 11.0. The predicted octanol–water partition coefficient (Wildman–Crippen LogP) is 1.89. The fourth-order valence-corrected chi connectivity index (χ4v) is 2.98. The van der Waals surface area contributed by atoms with Gasteiger partial charge in [-0.15, -0.1) is 0 Å². The third-order valence-corrected chi connectivity index (χ3v) is 3.90. The normalized spacial score (nSPS) is 34.6. The Bertz CT molecular complexity index is 287. The molecule has 2 rings (SSSR count). The van der Waals surface area contributed by atoms with Crippen LogP contribution in [0.1, 0.15) is 32.6 Å². The Morgan fingerprint density at radius 1 is 1.53 bits per heavy atom. The second-order valence-electron chi connectivity index (χ2n) is 4.75. The summed E-state index contributed by atoms with van der Waals surface area (Å²) < 4.78 is 0. The standard InChI is InChI=1S/C12H19NO2/c1-3-8(2)7-13-9-4-5-11(13)10(6-9)12(14)15/h9-11H,2-7H2,1H3,(H,14,15). The number of rotatable bonds is 4.